The van der Waals surface area contributed by atoms with Crippen molar-refractivity contribution in [2.75, 3.05) is 39.3 Å². The predicted molar refractivity (Wildman–Crippen MR) is 80.2 cm³/mol. The minimum absolute atomic E-state index is 0.0763. The van der Waals surface area contributed by atoms with E-state index >= 15 is 0 Å². The van der Waals surface area contributed by atoms with E-state index in [-0.39, 0.29) is 17.5 Å². The van der Waals surface area contributed by atoms with Crippen LogP contribution in [0.5, 0.6) is 0 Å². The van der Waals surface area contributed by atoms with Gasteiger partial charge in [0.15, 0.2) is 0 Å². The van der Waals surface area contributed by atoms with Crippen LogP contribution in [0, 0.1) is 5.92 Å². The molecule has 0 spiro atoms. The highest BCUT2D eigenvalue weighted by atomic mass is 16.4. The average molecular weight is 297 g/mol. The monoisotopic (exact) mass is 297 g/mol. The van der Waals surface area contributed by atoms with Gasteiger partial charge in [0.1, 0.15) is 0 Å². The molecule has 2 saturated heterocycles. The third-order valence-corrected chi connectivity index (χ3v) is 4.61. The number of urea groups is 1. The Balaban J connectivity index is 1.82. The van der Waals surface area contributed by atoms with Crippen molar-refractivity contribution in [1.82, 2.24) is 14.7 Å². The lowest BCUT2D eigenvalue weighted by molar-refractivity contribution is -0.143. The van der Waals surface area contributed by atoms with E-state index in [0.717, 1.165) is 26.2 Å². The van der Waals surface area contributed by atoms with Crippen molar-refractivity contribution in [2.24, 2.45) is 5.92 Å². The summed E-state index contributed by atoms with van der Waals surface area (Å²) in [6.07, 6.45) is 1.14. The molecule has 2 heterocycles. The van der Waals surface area contributed by atoms with Gasteiger partial charge >= 0.3 is 12.0 Å². The summed E-state index contributed by atoms with van der Waals surface area (Å²) in [5, 5.41) is 9.00. The first-order chi connectivity index (χ1) is 9.79. The fourth-order valence-electron chi connectivity index (χ4n) is 3.09. The molecule has 2 amide bonds. The first kappa shape index (κ1) is 16.1. The number of carbonyl (C=O) groups is 2. The van der Waals surface area contributed by atoms with Crippen molar-refractivity contribution in [2.45, 2.75) is 39.2 Å². The molecule has 120 valence electrons. The van der Waals surface area contributed by atoms with E-state index in [9.17, 15) is 9.59 Å². The molecule has 0 bridgehead atoms. The molecule has 2 fully saturated rings. The lowest BCUT2D eigenvalue weighted by Crippen LogP contribution is -2.57. The normalized spacial score (nSPS) is 22.4. The number of carboxylic acids is 1. The third kappa shape index (κ3) is 3.87. The van der Waals surface area contributed by atoms with E-state index in [1.54, 1.807) is 0 Å². The van der Waals surface area contributed by atoms with Gasteiger partial charge in [0.05, 0.1) is 5.92 Å². The van der Waals surface area contributed by atoms with Crippen molar-refractivity contribution in [3.8, 4) is 0 Å². The highest BCUT2D eigenvalue weighted by Gasteiger charge is 2.32. The summed E-state index contributed by atoms with van der Waals surface area (Å²) in [4.78, 5) is 29.5. The maximum Gasteiger partial charge on any atom is 0.320 e. The highest BCUT2D eigenvalue weighted by molar-refractivity contribution is 5.75. The average Bonchev–Trinajstić information content (AvgIpc) is 2.46. The maximum absolute atomic E-state index is 12.5. The summed E-state index contributed by atoms with van der Waals surface area (Å²) in [7, 11) is 0. The summed E-state index contributed by atoms with van der Waals surface area (Å²) < 4.78 is 0. The number of carboxylic acid groups (broad SMARTS) is 1. The molecule has 0 saturated carbocycles. The zero-order valence-electron chi connectivity index (χ0n) is 13.3. The van der Waals surface area contributed by atoms with Gasteiger partial charge in [-0.1, -0.05) is 0 Å². The fraction of sp³-hybridized carbons (Fsp3) is 0.867. The van der Waals surface area contributed by atoms with Crippen molar-refractivity contribution in [3.63, 3.8) is 0 Å². The van der Waals surface area contributed by atoms with Crippen LogP contribution in [0.4, 0.5) is 4.79 Å². The van der Waals surface area contributed by atoms with Gasteiger partial charge in [0.25, 0.3) is 0 Å². The molecule has 0 aromatic rings. The van der Waals surface area contributed by atoms with Gasteiger partial charge in [-0.25, -0.2) is 4.79 Å². The lowest BCUT2D eigenvalue weighted by atomic mass is 9.97. The largest absolute Gasteiger partial charge is 0.481 e. The Morgan fingerprint density at radius 3 is 1.81 bits per heavy atom. The molecule has 2 aliphatic heterocycles. The van der Waals surface area contributed by atoms with Gasteiger partial charge in [-0.2, -0.15) is 0 Å². The van der Waals surface area contributed by atoms with Gasteiger partial charge in [-0.15, -0.1) is 0 Å². The zero-order valence-corrected chi connectivity index (χ0v) is 13.3. The molecule has 0 aromatic carbocycles. The van der Waals surface area contributed by atoms with Crippen LogP contribution in [0.3, 0.4) is 0 Å². The van der Waals surface area contributed by atoms with E-state index in [1.165, 1.54) is 0 Å². The predicted octanol–water partition coefficient (Wildman–Crippen LogP) is 1.32. The van der Waals surface area contributed by atoms with Crippen molar-refractivity contribution >= 4 is 12.0 Å². The quantitative estimate of drug-likeness (QED) is 0.793. The van der Waals surface area contributed by atoms with Crippen LogP contribution in [-0.2, 0) is 4.79 Å². The summed E-state index contributed by atoms with van der Waals surface area (Å²) in [5.41, 5.74) is 0.148. The van der Waals surface area contributed by atoms with E-state index in [0.29, 0.717) is 25.9 Å². The number of rotatable bonds is 1. The Labute approximate surface area is 126 Å². The first-order valence-corrected chi connectivity index (χ1v) is 7.81. The van der Waals surface area contributed by atoms with Crippen LogP contribution in [-0.4, -0.2) is 76.6 Å². The van der Waals surface area contributed by atoms with Gasteiger partial charge in [0.2, 0.25) is 0 Å². The molecule has 1 N–H and O–H groups in total. The maximum atomic E-state index is 12.5. The Bertz CT molecular complexity index is 389. The Hall–Kier alpha value is -1.30. The minimum Gasteiger partial charge on any atom is -0.481 e. The van der Waals surface area contributed by atoms with Crippen LogP contribution in [0.25, 0.3) is 0 Å². The number of aliphatic carboxylic acids is 1. The number of hydrogen-bond donors (Lipinski definition) is 1. The second-order valence-corrected chi connectivity index (χ2v) is 7.03. The molecular formula is C15H27N3O3. The third-order valence-electron chi connectivity index (χ3n) is 4.61. The Morgan fingerprint density at radius 2 is 1.38 bits per heavy atom. The molecular weight excluding hydrogens is 270 g/mol. The summed E-state index contributed by atoms with van der Waals surface area (Å²) >= 11 is 0. The molecule has 6 nitrogen and oxygen atoms in total. The molecule has 21 heavy (non-hydrogen) atoms. The number of amides is 2. The first-order valence-electron chi connectivity index (χ1n) is 7.81. The van der Waals surface area contributed by atoms with Gasteiger partial charge in [-0.05, 0) is 33.6 Å². The van der Waals surface area contributed by atoms with Crippen LogP contribution in [0.15, 0.2) is 0 Å². The van der Waals surface area contributed by atoms with Crippen molar-refractivity contribution in [1.29, 1.82) is 0 Å². The van der Waals surface area contributed by atoms with E-state index in [4.69, 9.17) is 5.11 Å². The zero-order chi connectivity index (χ0) is 15.6. The number of nitrogens with zero attached hydrogens (tertiary/aromatic N) is 3. The number of likely N-dealkylation sites (tertiary alicyclic amines) is 1. The highest BCUT2D eigenvalue weighted by Crippen LogP contribution is 2.20. The molecule has 0 radical (unpaired) electrons. The van der Waals surface area contributed by atoms with Gasteiger partial charge < -0.3 is 14.9 Å². The van der Waals surface area contributed by atoms with Crippen LogP contribution < -0.4 is 0 Å². The number of piperidine rings is 1. The number of piperazine rings is 1. The molecule has 2 rings (SSSR count). The SMILES string of the molecule is CC(C)(C)N1CCN(C(=O)N2CCC(C(=O)O)CC2)CC1. The van der Waals surface area contributed by atoms with E-state index in [2.05, 4.69) is 25.7 Å². The molecule has 0 unspecified atom stereocenters. The second-order valence-electron chi connectivity index (χ2n) is 7.03. The van der Waals surface area contributed by atoms with Crippen molar-refractivity contribution < 1.29 is 14.7 Å². The van der Waals surface area contributed by atoms with Gasteiger partial charge in [-0.3, -0.25) is 9.69 Å². The second kappa shape index (κ2) is 6.22. The number of carbonyl (C=O) groups excluding carboxylic acids is 1. The smallest absolute Gasteiger partial charge is 0.320 e. The fourth-order valence-corrected chi connectivity index (χ4v) is 3.09. The molecule has 0 aromatic heterocycles. The van der Waals surface area contributed by atoms with E-state index < -0.39 is 5.97 Å². The molecule has 0 atom stereocenters. The standard InChI is InChI=1S/C15H27N3O3/c1-15(2,3)18-10-8-17(9-11-18)14(21)16-6-4-12(5-7-16)13(19)20/h12H,4-11H2,1-3H3,(H,19,20). The lowest BCUT2D eigenvalue weighted by Gasteiger charge is -2.44. The minimum atomic E-state index is -0.735. The van der Waals surface area contributed by atoms with E-state index in [1.807, 2.05) is 9.80 Å². The van der Waals surface area contributed by atoms with Gasteiger partial charge in [0, 0.05) is 44.8 Å². The Kier molecular flexibility index (Phi) is 4.76. The van der Waals surface area contributed by atoms with Crippen LogP contribution in [0.2, 0.25) is 0 Å². The molecule has 2 aliphatic rings. The summed E-state index contributed by atoms with van der Waals surface area (Å²) in [5.74, 6) is -1.02. The molecule has 6 heteroatoms. The topological polar surface area (TPSA) is 64.1 Å². The number of hydrogen-bond acceptors (Lipinski definition) is 3. The summed E-state index contributed by atoms with van der Waals surface area (Å²) in [6.45, 7) is 11.0. The van der Waals surface area contributed by atoms with Crippen LogP contribution in [0.1, 0.15) is 33.6 Å². The van der Waals surface area contributed by atoms with Crippen molar-refractivity contribution in [3.05, 3.63) is 0 Å². The summed E-state index contributed by atoms with van der Waals surface area (Å²) in [6, 6.07) is 0.0763. The Morgan fingerprint density at radius 1 is 0.905 bits per heavy atom. The van der Waals surface area contributed by atoms with Crippen LogP contribution >= 0.6 is 0 Å². The molecule has 0 aliphatic carbocycles.